The fourth-order valence-corrected chi connectivity index (χ4v) is 4.50. The van der Waals surface area contributed by atoms with Crippen molar-refractivity contribution < 1.29 is 22.0 Å². The molecule has 0 N–H and O–H groups in total. The summed E-state index contributed by atoms with van der Waals surface area (Å²) in [7, 11) is 0. The molecule has 2 aromatic rings. The first-order valence-corrected chi connectivity index (χ1v) is 11.1. The topological polar surface area (TPSA) is 0 Å². The molecule has 1 saturated carbocycles. The predicted molar refractivity (Wildman–Crippen MR) is 116 cm³/mol. The molecule has 0 heterocycles. The maximum Gasteiger partial charge on any atom is 0.409 e. The second kappa shape index (κ2) is 10.4. The van der Waals surface area contributed by atoms with Gasteiger partial charge >= 0.3 is 6.18 Å². The average Bonchev–Trinajstić information content (AvgIpc) is 2.73. The van der Waals surface area contributed by atoms with Crippen molar-refractivity contribution in [2.75, 3.05) is 0 Å². The van der Waals surface area contributed by atoms with Crippen LogP contribution in [0.15, 0.2) is 42.5 Å². The van der Waals surface area contributed by atoms with Gasteiger partial charge in [0.2, 0.25) is 0 Å². The number of hydrogen-bond donors (Lipinski definition) is 0. The van der Waals surface area contributed by atoms with Crippen LogP contribution in [0.5, 0.6) is 0 Å². The Kier molecular flexibility index (Phi) is 7.90. The summed E-state index contributed by atoms with van der Waals surface area (Å²) in [4.78, 5) is 0. The molecule has 0 aliphatic heterocycles. The van der Waals surface area contributed by atoms with E-state index in [9.17, 15) is 22.0 Å². The summed E-state index contributed by atoms with van der Waals surface area (Å²) >= 11 is 0. The summed E-state index contributed by atoms with van der Waals surface area (Å²) < 4.78 is 65.4. The maximum atomic E-state index is 14.2. The number of unbranched alkanes of at least 4 members (excludes halogenated alkanes) is 2. The predicted octanol–water partition coefficient (Wildman–Crippen LogP) is 9.06. The second-order valence-electron chi connectivity index (χ2n) is 8.56. The molecule has 2 aromatic carbocycles. The normalized spacial score (nSPS) is 19.8. The van der Waals surface area contributed by atoms with Crippen molar-refractivity contribution in [2.45, 2.75) is 70.4 Å². The summed E-state index contributed by atoms with van der Waals surface area (Å²) in [6.07, 6.45) is 5.67. The first-order valence-electron chi connectivity index (χ1n) is 11.1. The Balaban J connectivity index is 1.66. The van der Waals surface area contributed by atoms with Gasteiger partial charge in [0.1, 0.15) is 11.6 Å². The minimum atomic E-state index is -4.62. The number of allylic oxidation sites excluding steroid dienone is 1. The third-order valence-corrected chi connectivity index (χ3v) is 6.30. The highest BCUT2D eigenvalue weighted by Gasteiger charge is 2.23. The van der Waals surface area contributed by atoms with E-state index in [4.69, 9.17) is 0 Å². The number of halogens is 5. The van der Waals surface area contributed by atoms with Gasteiger partial charge in [0.15, 0.2) is 0 Å². The van der Waals surface area contributed by atoms with Crippen LogP contribution in [0.3, 0.4) is 0 Å². The first kappa shape index (κ1) is 23.5. The van der Waals surface area contributed by atoms with Crippen molar-refractivity contribution in [2.24, 2.45) is 5.92 Å². The second-order valence-corrected chi connectivity index (χ2v) is 8.56. The van der Waals surface area contributed by atoms with Crippen molar-refractivity contribution >= 4 is 6.08 Å². The van der Waals surface area contributed by atoms with Gasteiger partial charge in [0.25, 0.3) is 0 Å². The molecular formula is C26H29F5. The van der Waals surface area contributed by atoms with Gasteiger partial charge in [-0.15, -0.1) is 0 Å². The minimum Gasteiger partial charge on any atom is -0.206 e. The first-order chi connectivity index (χ1) is 14.8. The molecule has 5 heteroatoms. The van der Waals surface area contributed by atoms with Crippen LogP contribution < -0.4 is 0 Å². The van der Waals surface area contributed by atoms with E-state index in [1.807, 2.05) is 24.3 Å². The highest BCUT2D eigenvalue weighted by Crippen LogP contribution is 2.38. The van der Waals surface area contributed by atoms with Gasteiger partial charge in [-0.25, -0.2) is 8.78 Å². The van der Waals surface area contributed by atoms with Gasteiger partial charge < -0.3 is 0 Å². The highest BCUT2D eigenvalue weighted by atomic mass is 19.4. The molecular weight excluding hydrogens is 407 g/mol. The Morgan fingerprint density at radius 2 is 1.48 bits per heavy atom. The molecule has 168 valence electrons. The lowest BCUT2D eigenvalue weighted by molar-refractivity contribution is -0.0790. The van der Waals surface area contributed by atoms with Gasteiger partial charge in [-0.2, -0.15) is 13.2 Å². The van der Waals surface area contributed by atoms with Crippen molar-refractivity contribution in [1.29, 1.82) is 0 Å². The molecule has 0 aromatic heterocycles. The Morgan fingerprint density at radius 3 is 2.03 bits per heavy atom. The number of benzene rings is 2. The molecule has 1 aliphatic carbocycles. The van der Waals surface area contributed by atoms with Crippen LogP contribution in [0.4, 0.5) is 22.0 Å². The van der Waals surface area contributed by atoms with E-state index in [0.717, 1.165) is 18.1 Å². The fourth-order valence-electron chi connectivity index (χ4n) is 4.50. The number of alkyl halides is 3. The number of rotatable bonds is 7. The summed E-state index contributed by atoms with van der Waals surface area (Å²) in [6.45, 7) is 2.22. The summed E-state index contributed by atoms with van der Waals surface area (Å²) in [5.74, 6) is -0.681. The molecule has 0 amide bonds. The third-order valence-electron chi connectivity index (χ3n) is 6.30. The molecule has 0 saturated heterocycles. The van der Waals surface area contributed by atoms with Gasteiger partial charge in [-0.3, -0.25) is 0 Å². The van der Waals surface area contributed by atoms with Gasteiger partial charge in [0, 0.05) is 11.6 Å². The van der Waals surface area contributed by atoms with E-state index in [0.29, 0.717) is 23.1 Å². The van der Waals surface area contributed by atoms with E-state index in [-0.39, 0.29) is 6.08 Å². The zero-order valence-corrected chi connectivity index (χ0v) is 17.8. The molecule has 0 spiro atoms. The van der Waals surface area contributed by atoms with Crippen LogP contribution >= 0.6 is 0 Å². The molecule has 0 radical (unpaired) electrons. The van der Waals surface area contributed by atoms with E-state index in [2.05, 4.69) is 6.92 Å². The molecule has 1 aliphatic rings. The summed E-state index contributed by atoms with van der Waals surface area (Å²) in [6, 6.07) is 9.84. The largest absolute Gasteiger partial charge is 0.409 e. The third kappa shape index (κ3) is 6.65. The van der Waals surface area contributed by atoms with Crippen LogP contribution in [-0.4, -0.2) is 6.18 Å². The smallest absolute Gasteiger partial charge is 0.206 e. The van der Waals surface area contributed by atoms with Crippen molar-refractivity contribution in [1.82, 2.24) is 0 Å². The quantitative estimate of drug-likeness (QED) is 0.300. The van der Waals surface area contributed by atoms with Gasteiger partial charge in [-0.05, 0) is 72.4 Å². The van der Waals surface area contributed by atoms with E-state index in [1.54, 1.807) is 0 Å². The summed E-state index contributed by atoms with van der Waals surface area (Å²) in [5, 5.41) is 0. The summed E-state index contributed by atoms with van der Waals surface area (Å²) in [5.41, 5.74) is 1.50. The van der Waals surface area contributed by atoms with E-state index in [1.165, 1.54) is 56.9 Å². The zero-order valence-electron chi connectivity index (χ0n) is 17.8. The lowest BCUT2D eigenvalue weighted by Crippen LogP contribution is -2.13. The van der Waals surface area contributed by atoms with Crippen LogP contribution in [0.25, 0.3) is 17.2 Å². The lowest BCUT2D eigenvalue weighted by Gasteiger charge is -2.29. The molecule has 1 fully saturated rings. The van der Waals surface area contributed by atoms with Crippen LogP contribution in [0, 0.1) is 17.6 Å². The molecule has 0 nitrogen and oxygen atoms in total. The van der Waals surface area contributed by atoms with Gasteiger partial charge in [-0.1, -0.05) is 56.9 Å². The highest BCUT2D eigenvalue weighted by molar-refractivity contribution is 5.67. The Hall–Kier alpha value is -2.17. The molecule has 0 atom stereocenters. The van der Waals surface area contributed by atoms with Crippen molar-refractivity contribution in [3.8, 4) is 11.1 Å². The molecule has 3 rings (SSSR count). The number of hydrogen-bond acceptors (Lipinski definition) is 0. The molecule has 31 heavy (non-hydrogen) atoms. The lowest BCUT2D eigenvalue weighted by atomic mass is 9.77. The van der Waals surface area contributed by atoms with Crippen molar-refractivity contribution in [3.05, 3.63) is 65.2 Å². The van der Waals surface area contributed by atoms with E-state index >= 15 is 0 Å². The monoisotopic (exact) mass is 436 g/mol. The van der Waals surface area contributed by atoms with Crippen LogP contribution in [0.1, 0.15) is 75.3 Å². The zero-order chi connectivity index (χ0) is 22.4. The average molecular weight is 437 g/mol. The minimum absolute atomic E-state index is 0.165. The molecule has 0 bridgehead atoms. The van der Waals surface area contributed by atoms with Crippen LogP contribution in [0.2, 0.25) is 0 Å². The standard InChI is InChI=1S/C26H29F5/c1-2-3-4-5-18-6-8-19(9-7-18)20-10-12-21(13-11-20)22-16-24(27)23(25(28)17-22)14-15-26(29,30)31/h10-19H,2-9H2,1H3/b15-14+. The van der Waals surface area contributed by atoms with Gasteiger partial charge in [0.05, 0.1) is 0 Å². The Bertz CT molecular complexity index is 849. The fraction of sp³-hybridized carbons (Fsp3) is 0.462. The van der Waals surface area contributed by atoms with Crippen molar-refractivity contribution in [3.63, 3.8) is 0 Å². The maximum absolute atomic E-state index is 14.2. The van der Waals surface area contributed by atoms with E-state index < -0.39 is 23.4 Å². The Morgan fingerprint density at radius 1 is 0.871 bits per heavy atom. The molecule has 0 unspecified atom stereocenters. The Labute approximate surface area is 181 Å². The van der Waals surface area contributed by atoms with Crippen LogP contribution in [-0.2, 0) is 0 Å². The SMILES string of the molecule is CCCCCC1CCC(c2ccc(-c3cc(F)c(/C=C/C(F)(F)F)c(F)c3)cc2)CC1.